The van der Waals surface area contributed by atoms with Crippen LogP contribution < -0.4 is 0 Å². The molecular formula is C16H18O2. The average Bonchev–Trinajstić information content (AvgIpc) is 2.42. The molecule has 1 atom stereocenters. The van der Waals surface area contributed by atoms with E-state index in [-0.39, 0.29) is 6.10 Å². The van der Waals surface area contributed by atoms with Crippen molar-refractivity contribution in [1.29, 1.82) is 0 Å². The number of rotatable bonds is 5. The van der Waals surface area contributed by atoms with E-state index in [1.165, 1.54) is 0 Å². The highest BCUT2D eigenvalue weighted by Crippen LogP contribution is 2.29. The number of hydrogen-bond acceptors (Lipinski definition) is 2. The summed E-state index contributed by atoms with van der Waals surface area (Å²) in [6, 6.07) is 17.4. The standard InChI is InChI=1S/C16H18O2/c1-2-16(14-10-6-7-11-15(14)17)18-12-13-8-4-3-5-9-13/h3-11,16-17H,2,12H2,1H3. The minimum atomic E-state index is -0.0635. The molecule has 0 amide bonds. The van der Waals surface area contributed by atoms with E-state index in [4.69, 9.17) is 4.74 Å². The molecule has 2 rings (SSSR count). The number of para-hydroxylation sites is 1. The predicted molar refractivity (Wildman–Crippen MR) is 72.4 cm³/mol. The summed E-state index contributed by atoms with van der Waals surface area (Å²) in [5.41, 5.74) is 2.00. The van der Waals surface area contributed by atoms with Crippen LogP contribution in [0.4, 0.5) is 0 Å². The number of phenols is 1. The van der Waals surface area contributed by atoms with Crippen LogP contribution in [0.2, 0.25) is 0 Å². The molecule has 0 radical (unpaired) electrons. The van der Waals surface area contributed by atoms with Crippen LogP contribution in [-0.2, 0) is 11.3 Å². The normalized spacial score (nSPS) is 12.3. The van der Waals surface area contributed by atoms with Crippen LogP contribution in [0.3, 0.4) is 0 Å². The van der Waals surface area contributed by atoms with Gasteiger partial charge in [0, 0.05) is 5.56 Å². The molecular weight excluding hydrogens is 224 g/mol. The Kier molecular flexibility index (Phi) is 4.37. The van der Waals surface area contributed by atoms with E-state index in [1.54, 1.807) is 6.07 Å². The number of aromatic hydroxyl groups is 1. The quantitative estimate of drug-likeness (QED) is 0.856. The summed E-state index contributed by atoms with van der Waals surface area (Å²) in [5.74, 6) is 0.303. The minimum Gasteiger partial charge on any atom is -0.508 e. The van der Waals surface area contributed by atoms with Gasteiger partial charge >= 0.3 is 0 Å². The lowest BCUT2D eigenvalue weighted by atomic mass is 10.1. The van der Waals surface area contributed by atoms with Crippen LogP contribution in [0.15, 0.2) is 54.6 Å². The smallest absolute Gasteiger partial charge is 0.121 e. The second-order valence-corrected chi connectivity index (χ2v) is 4.25. The third kappa shape index (κ3) is 3.11. The Morgan fingerprint density at radius 2 is 1.67 bits per heavy atom. The first-order chi connectivity index (χ1) is 8.81. The summed E-state index contributed by atoms with van der Waals surface area (Å²) < 4.78 is 5.88. The van der Waals surface area contributed by atoms with Crippen molar-refractivity contribution in [2.75, 3.05) is 0 Å². The molecule has 2 aromatic rings. The summed E-state index contributed by atoms with van der Waals surface area (Å²) in [7, 11) is 0. The van der Waals surface area contributed by atoms with Gasteiger partial charge in [0.1, 0.15) is 5.75 Å². The summed E-state index contributed by atoms with van der Waals surface area (Å²) in [5, 5.41) is 9.83. The van der Waals surface area contributed by atoms with E-state index >= 15 is 0 Å². The lowest BCUT2D eigenvalue weighted by Gasteiger charge is -2.17. The van der Waals surface area contributed by atoms with E-state index in [0.717, 1.165) is 17.5 Å². The van der Waals surface area contributed by atoms with Crippen LogP contribution in [0, 0.1) is 0 Å². The van der Waals surface area contributed by atoms with Gasteiger partial charge in [-0.1, -0.05) is 55.5 Å². The zero-order valence-electron chi connectivity index (χ0n) is 10.5. The first-order valence-electron chi connectivity index (χ1n) is 6.24. The van der Waals surface area contributed by atoms with Crippen LogP contribution in [-0.4, -0.2) is 5.11 Å². The van der Waals surface area contributed by atoms with Crippen LogP contribution in [0.1, 0.15) is 30.6 Å². The zero-order chi connectivity index (χ0) is 12.8. The molecule has 18 heavy (non-hydrogen) atoms. The molecule has 0 aliphatic carbocycles. The van der Waals surface area contributed by atoms with E-state index < -0.39 is 0 Å². The molecule has 1 unspecified atom stereocenters. The second kappa shape index (κ2) is 6.22. The number of hydrogen-bond donors (Lipinski definition) is 1. The fourth-order valence-corrected chi connectivity index (χ4v) is 1.96. The Hall–Kier alpha value is -1.80. The number of ether oxygens (including phenoxy) is 1. The molecule has 2 heteroatoms. The highest BCUT2D eigenvalue weighted by atomic mass is 16.5. The maximum Gasteiger partial charge on any atom is 0.121 e. The molecule has 2 nitrogen and oxygen atoms in total. The summed E-state index contributed by atoms with van der Waals surface area (Å²) in [4.78, 5) is 0. The van der Waals surface area contributed by atoms with Crippen molar-refractivity contribution >= 4 is 0 Å². The monoisotopic (exact) mass is 242 g/mol. The molecule has 1 N–H and O–H groups in total. The number of benzene rings is 2. The molecule has 0 spiro atoms. The van der Waals surface area contributed by atoms with Crippen LogP contribution in [0.5, 0.6) is 5.75 Å². The maximum absolute atomic E-state index is 9.83. The minimum absolute atomic E-state index is 0.0635. The van der Waals surface area contributed by atoms with Crippen molar-refractivity contribution < 1.29 is 9.84 Å². The van der Waals surface area contributed by atoms with Crippen molar-refractivity contribution in [3.8, 4) is 5.75 Å². The Morgan fingerprint density at radius 1 is 1.00 bits per heavy atom. The van der Waals surface area contributed by atoms with Crippen molar-refractivity contribution in [2.24, 2.45) is 0 Å². The first kappa shape index (κ1) is 12.7. The van der Waals surface area contributed by atoms with Gasteiger partial charge in [0.25, 0.3) is 0 Å². The third-order valence-corrected chi connectivity index (χ3v) is 2.95. The molecule has 0 heterocycles. The highest BCUT2D eigenvalue weighted by molar-refractivity contribution is 5.33. The summed E-state index contributed by atoms with van der Waals surface area (Å²) in [6.45, 7) is 2.62. The van der Waals surface area contributed by atoms with Crippen molar-refractivity contribution in [3.63, 3.8) is 0 Å². The molecule has 0 saturated heterocycles. The Bertz CT molecular complexity index is 479. The predicted octanol–water partition coefficient (Wildman–Crippen LogP) is 4.06. The third-order valence-electron chi connectivity index (χ3n) is 2.95. The molecule has 0 aromatic heterocycles. The van der Waals surface area contributed by atoms with E-state index in [0.29, 0.717) is 12.4 Å². The van der Waals surface area contributed by atoms with Gasteiger partial charge in [-0.15, -0.1) is 0 Å². The average molecular weight is 242 g/mol. The first-order valence-corrected chi connectivity index (χ1v) is 6.24. The van der Waals surface area contributed by atoms with E-state index in [1.807, 2.05) is 48.5 Å². The lowest BCUT2D eigenvalue weighted by Crippen LogP contribution is -2.03. The van der Waals surface area contributed by atoms with E-state index in [2.05, 4.69) is 6.92 Å². The van der Waals surface area contributed by atoms with Crippen LogP contribution in [0.25, 0.3) is 0 Å². The largest absolute Gasteiger partial charge is 0.508 e. The van der Waals surface area contributed by atoms with Gasteiger partial charge in [0.15, 0.2) is 0 Å². The van der Waals surface area contributed by atoms with Crippen molar-refractivity contribution in [2.45, 2.75) is 26.1 Å². The highest BCUT2D eigenvalue weighted by Gasteiger charge is 2.13. The lowest BCUT2D eigenvalue weighted by molar-refractivity contribution is 0.0357. The molecule has 0 aliphatic rings. The van der Waals surface area contributed by atoms with Crippen LogP contribution >= 0.6 is 0 Å². The summed E-state index contributed by atoms with van der Waals surface area (Å²) in [6.07, 6.45) is 0.774. The van der Waals surface area contributed by atoms with E-state index in [9.17, 15) is 5.11 Å². The maximum atomic E-state index is 9.83. The molecule has 0 aliphatic heterocycles. The van der Waals surface area contributed by atoms with Gasteiger partial charge in [0.05, 0.1) is 12.7 Å². The fourth-order valence-electron chi connectivity index (χ4n) is 1.96. The Morgan fingerprint density at radius 3 is 2.33 bits per heavy atom. The molecule has 2 aromatic carbocycles. The Balaban J connectivity index is 2.04. The zero-order valence-corrected chi connectivity index (χ0v) is 10.5. The van der Waals surface area contributed by atoms with Gasteiger partial charge < -0.3 is 9.84 Å². The SMILES string of the molecule is CCC(OCc1ccccc1)c1ccccc1O. The second-order valence-electron chi connectivity index (χ2n) is 4.25. The molecule has 0 bridgehead atoms. The Labute approximate surface area is 108 Å². The molecule has 94 valence electrons. The van der Waals surface area contributed by atoms with Gasteiger partial charge in [-0.25, -0.2) is 0 Å². The fraction of sp³-hybridized carbons (Fsp3) is 0.250. The van der Waals surface area contributed by atoms with Gasteiger partial charge in [-0.05, 0) is 18.1 Å². The van der Waals surface area contributed by atoms with Gasteiger partial charge in [0.2, 0.25) is 0 Å². The van der Waals surface area contributed by atoms with Gasteiger partial charge in [-0.2, -0.15) is 0 Å². The molecule has 0 fully saturated rings. The summed E-state index contributed by atoms with van der Waals surface area (Å²) >= 11 is 0. The van der Waals surface area contributed by atoms with Crippen molar-refractivity contribution in [1.82, 2.24) is 0 Å². The number of phenolic OH excluding ortho intramolecular Hbond substituents is 1. The van der Waals surface area contributed by atoms with Gasteiger partial charge in [-0.3, -0.25) is 0 Å². The molecule has 0 saturated carbocycles. The topological polar surface area (TPSA) is 29.5 Å². The van der Waals surface area contributed by atoms with Crippen molar-refractivity contribution in [3.05, 3.63) is 65.7 Å².